The van der Waals surface area contributed by atoms with Crippen molar-refractivity contribution >= 4 is 11.4 Å². The van der Waals surface area contributed by atoms with Crippen molar-refractivity contribution in [3.8, 4) is 0 Å². The molecule has 90 valence electrons. The van der Waals surface area contributed by atoms with Crippen LogP contribution in [0.2, 0.25) is 0 Å². The van der Waals surface area contributed by atoms with Crippen molar-refractivity contribution in [1.29, 1.82) is 0 Å². The zero-order valence-corrected chi connectivity index (χ0v) is 10.7. The third-order valence-corrected chi connectivity index (χ3v) is 2.73. The minimum absolute atomic E-state index is 0.922. The standard InChI is InChI=1S/C16H16N2/c1-13(15-9-5-3-6-10-15)17-18-14(2)16-11-7-4-8-12-16/h3-12H,1-2H3. The van der Waals surface area contributed by atoms with E-state index in [1.54, 1.807) is 0 Å². The summed E-state index contributed by atoms with van der Waals surface area (Å²) in [6.07, 6.45) is 0. The van der Waals surface area contributed by atoms with Crippen molar-refractivity contribution in [2.24, 2.45) is 10.2 Å². The van der Waals surface area contributed by atoms with Gasteiger partial charge in [0.2, 0.25) is 0 Å². The lowest BCUT2D eigenvalue weighted by Crippen LogP contribution is -1.96. The molecule has 0 atom stereocenters. The first-order chi connectivity index (χ1) is 8.77. The number of hydrogen-bond donors (Lipinski definition) is 0. The Balaban J connectivity index is 2.20. The van der Waals surface area contributed by atoms with Crippen LogP contribution in [-0.2, 0) is 0 Å². The van der Waals surface area contributed by atoms with Crippen LogP contribution in [0.25, 0.3) is 0 Å². The van der Waals surface area contributed by atoms with Crippen LogP contribution in [0.4, 0.5) is 0 Å². The molecule has 2 nitrogen and oxygen atoms in total. The lowest BCUT2D eigenvalue weighted by molar-refractivity contribution is 1.22. The Labute approximate surface area is 108 Å². The zero-order chi connectivity index (χ0) is 12.8. The molecule has 0 amide bonds. The van der Waals surface area contributed by atoms with E-state index in [2.05, 4.69) is 10.2 Å². The third-order valence-electron chi connectivity index (χ3n) is 2.73. The maximum atomic E-state index is 4.28. The largest absolute Gasteiger partial charge is 0.155 e. The molecule has 2 aromatic rings. The van der Waals surface area contributed by atoms with Gasteiger partial charge in [0.15, 0.2) is 0 Å². The van der Waals surface area contributed by atoms with Gasteiger partial charge < -0.3 is 0 Å². The van der Waals surface area contributed by atoms with Gasteiger partial charge in [0.1, 0.15) is 0 Å². The second-order valence-electron chi connectivity index (χ2n) is 4.10. The van der Waals surface area contributed by atoms with Crippen LogP contribution in [0.3, 0.4) is 0 Å². The quantitative estimate of drug-likeness (QED) is 0.570. The van der Waals surface area contributed by atoms with Crippen molar-refractivity contribution in [3.05, 3.63) is 71.8 Å². The molecule has 0 radical (unpaired) electrons. The van der Waals surface area contributed by atoms with Crippen molar-refractivity contribution in [1.82, 2.24) is 0 Å². The lowest BCUT2D eigenvalue weighted by atomic mass is 10.1. The summed E-state index contributed by atoms with van der Waals surface area (Å²) in [4.78, 5) is 0. The molecule has 0 aliphatic heterocycles. The molecular formula is C16H16N2. The average molecular weight is 236 g/mol. The fourth-order valence-corrected chi connectivity index (χ4v) is 1.62. The number of hydrogen-bond acceptors (Lipinski definition) is 2. The zero-order valence-electron chi connectivity index (χ0n) is 10.7. The van der Waals surface area contributed by atoms with E-state index >= 15 is 0 Å². The van der Waals surface area contributed by atoms with Gasteiger partial charge in [0.25, 0.3) is 0 Å². The van der Waals surface area contributed by atoms with E-state index in [1.807, 2.05) is 74.5 Å². The summed E-state index contributed by atoms with van der Waals surface area (Å²) < 4.78 is 0. The second-order valence-corrected chi connectivity index (χ2v) is 4.10. The van der Waals surface area contributed by atoms with Gasteiger partial charge in [-0.15, -0.1) is 0 Å². The topological polar surface area (TPSA) is 24.7 Å². The Hall–Kier alpha value is -2.22. The lowest BCUT2D eigenvalue weighted by Gasteiger charge is -1.99. The fraction of sp³-hybridized carbons (Fsp3) is 0.125. The van der Waals surface area contributed by atoms with Crippen LogP contribution in [0, 0.1) is 0 Å². The molecule has 2 rings (SSSR count). The highest BCUT2D eigenvalue weighted by atomic mass is 15.2. The molecule has 0 saturated heterocycles. The van der Waals surface area contributed by atoms with E-state index in [-0.39, 0.29) is 0 Å². The summed E-state index contributed by atoms with van der Waals surface area (Å²) in [6, 6.07) is 20.1. The first kappa shape index (κ1) is 12.2. The highest BCUT2D eigenvalue weighted by Crippen LogP contribution is 2.04. The van der Waals surface area contributed by atoms with E-state index in [0.29, 0.717) is 0 Å². The van der Waals surface area contributed by atoms with Crippen molar-refractivity contribution in [3.63, 3.8) is 0 Å². The average Bonchev–Trinajstić information content (AvgIpc) is 2.46. The molecule has 0 bridgehead atoms. The summed E-state index contributed by atoms with van der Waals surface area (Å²) in [5.41, 5.74) is 4.04. The highest BCUT2D eigenvalue weighted by molar-refractivity contribution is 6.01. The molecule has 0 heterocycles. The molecular weight excluding hydrogens is 220 g/mol. The monoisotopic (exact) mass is 236 g/mol. The summed E-state index contributed by atoms with van der Waals surface area (Å²) in [6.45, 7) is 3.94. The molecule has 0 aliphatic rings. The van der Waals surface area contributed by atoms with Crippen LogP contribution in [-0.4, -0.2) is 11.4 Å². The van der Waals surface area contributed by atoms with Gasteiger partial charge in [-0.25, -0.2) is 0 Å². The molecule has 0 saturated carbocycles. The van der Waals surface area contributed by atoms with E-state index in [9.17, 15) is 0 Å². The summed E-state index contributed by atoms with van der Waals surface area (Å²) in [5.74, 6) is 0. The van der Waals surface area contributed by atoms with Crippen molar-refractivity contribution in [2.75, 3.05) is 0 Å². The van der Waals surface area contributed by atoms with Gasteiger partial charge in [-0.05, 0) is 25.0 Å². The van der Waals surface area contributed by atoms with Crippen LogP contribution >= 0.6 is 0 Å². The van der Waals surface area contributed by atoms with Gasteiger partial charge in [0, 0.05) is 0 Å². The number of benzene rings is 2. The molecule has 0 spiro atoms. The normalized spacial score (nSPS) is 12.6. The van der Waals surface area contributed by atoms with Crippen molar-refractivity contribution in [2.45, 2.75) is 13.8 Å². The van der Waals surface area contributed by atoms with Gasteiger partial charge in [0.05, 0.1) is 11.4 Å². The van der Waals surface area contributed by atoms with E-state index in [0.717, 1.165) is 22.6 Å². The smallest absolute Gasteiger partial charge is 0.0671 e. The predicted molar refractivity (Wildman–Crippen MR) is 77.3 cm³/mol. The second kappa shape index (κ2) is 5.92. The van der Waals surface area contributed by atoms with Crippen LogP contribution in [0.15, 0.2) is 70.9 Å². The van der Waals surface area contributed by atoms with Crippen LogP contribution < -0.4 is 0 Å². The number of rotatable bonds is 3. The van der Waals surface area contributed by atoms with Crippen molar-refractivity contribution < 1.29 is 0 Å². The SMILES string of the molecule is CC(=NN=C(C)c1ccccc1)c1ccccc1. The molecule has 0 unspecified atom stereocenters. The molecule has 0 aromatic heterocycles. The van der Waals surface area contributed by atoms with E-state index < -0.39 is 0 Å². The van der Waals surface area contributed by atoms with Gasteiger partial charge in [-0.1, -0.05) is 60.7 Å². The first-order valence-corrected chi connectivity index (χ1v) is 5.97. The molecule has 18 heavy (non-hydrogen) atoms. The summed E-state index contributed by atoms with van der Waals surface area (Å²) >= 11 is 0. The fourth-order valence-electron chi connectivity index (χ4n) is 1.62. The van der Waals surface area contributed by atoms with E-state index in [4.69, 9.17) is 0 Å². The Morgan fingerprint density at radius 3 is 1.28 bits per heavy atom. The van der Waals surface area contributed by atoms with Gasteiger partial charge in [-0.3, -0.25) is 0 Å². The Morgan fingerprint density at radius 1 is 0.611 bits per heavy atom. The molecule has 2 heteroatoms. The number of nitrogens with zero attached hydrogens (tertiary/aromatic N) is 2. The van der Waals surface area contributed by atoms with Gasteiger partial charge in [-0.2, -0.15) is 10.2 Å². The minimum atomic E-state index is 0.922. The third kappa shape index (κ3) is 3.14. The molecule has 0 N–H and O–H groups in total. The minimum Gasteiger partial charge on any atom is -0.155 e. The summed E-state index contributed by atoms with van der Waals surface area (Å²) in [7, 11) is 0. The molecule has 0 aliphatic carbocycles. The maximum absolute atomic E-state index is 4.28. The highest BCUT2D eigenvalue weighted by Gasteiger charge is 1.97. The van der Waals surface area contributed by atoms with Crippen LogP contribution in [0.5, 0.6) is 0 Å². The predicted octanol–water partition coefficient (Wildman–Crippen LogP) is 3.92. The summed E-state index contributed by atoms with van der Waals surface area (Å²) in [5, 5.41) is 8.55. The van der Waals surface area contributed by atoms with Crippen LogP contribution in [0.1, 0.15) is 25.0 Å². The first-order valence-electron chi connectivity index (χ1n) is 5.97. The van der Waals surface area contributed by atoms with E-state index in [1.165, 1.54) is 0 Å². The Kier molecular flexibility index (Phi) is 4.02. The Bertz CT molecular complexity index is 501. The Morgan fingerprint density at radius 2 is 0.944 bits per heavy atom. The molecule has 0 fully saturated rings. The maximum Gasteiger partial charge on any atom is 0.0671 e. The van der Waals surface area contributed by atoms with Gasteiger partial charge >= 0.3 is 0 Å². The molecule has 2 aromatic carbocycles.